The lowest BCUT2D eigenvalue weighted by Crippen LogP contribution is -2.05. The molecular formula is C21H23N5O. The molecule has 3 rings (SSSR count). The van der Waals surface area contributed by atoms with Gasteiger partial charge in [-0.3, -0.25) is 4.79 Å². The summed E-state index contributed by atoms with van der Waals surface area (Å²) < 4.78 is 0. The van der Waals surface area contributed by atoms with Crippen LogP contribution in [0.25, 0.3) is 0 Å². The molecule has 1 aromatic heterocycles. The van der Waals surface area contributed by atoms with Crippen molar-refractivity contribution < 1.29 is 4.79 Å². The summed E-state index contributed by atoms with van der Waals surface area (Å²) in [5.41, 5.74) is 5.02. The van der Waals surface area contributed by atoms with Gasteiger partial charge in [0.1, 0.15) is 17.5 Å². The molecule has 6 nitrogen and oxygen atoms in total. The molecule has 3 N–H and O–H groups in total. The SMILES string of the molecule is CC(=O)Nc1ccc(Nc2cc(Nc3cc(C)cc(C)c3)nc(C)n2)cc1. The van der Waals surface area contributed by atoms with Gasteiger partial charge in [0.05, 0.1) is 0 Å². The maximum Gasteiger partial charge on any atom is 0.221 e. The van der Waals surface area contributed by atoms with Crippen molar-refractivity contribution in [2.75, 3.05) is 16.0 Å². The number of hydrogen-bond donors (Lipinski definition) is 3. The number of carbonyl (C=O) groups excluding carboxylic acids is 1. The summed E-state index contributed by atoms with van der Waals surface area (Å²) in [6, 6.07) is 15.6. The van der Waals surface area contributed by atoms with Gasteiger partial charge in [0.2, 0.25) is 5.91 Å². The van der Waals surface area contributed by atoms with Gasteiger partial charge in [0.15, 0.2) is 0 Å². The smallest absolute Gasteiger partial charge is 0.221 e. The minimum Gasteiger partial charge on any atom is -0.340 e. The zero-order chi connectivity index (χ0) is 19.4. The molecule has 0 fully saturated rings. The third-order valence-corrected chi connectivity index (χ3v) is 3.81. The second kappa shape index (κ2) is 7.86. The number of aromatic nitrogens is 2. The van der Waals surface area contributed by atoms with Crippen molar-refractivity contribution >= 4 is 34.6 Å². The van der Waals surface area contributed by atoms with E-state index in [9.17, 15) is 4.79 Å². The van der Waals surface area contributed by atoms with E-state index in [4.69, 9.17) is 0 Å². The molecule has 0 unspecified atom stereocenters. The topological polar surface area (TPSA) is 78.9 Å². The average molecular weight is 361 g/mol. The number of carbonyl (C=O) groups is 1. The lowest BCUT2D eigenvalue weighted by molar-refractivity contribution is -0.114. The highest BCUT2D eigenvalue weighted by Gasteiger charge is 2.05. The molecule has 0 atom stereocenters. The summed E-state index contributed by atoms with van der Waals surface area (Å²) in [5, 5.41) is 9.36. The number of nitrogens with one attached hydrogen (secondary N) is 3. The molecule has 0 aliphatic carbocycles. The monoisotopic (exact) mass is 361 g/mol. The quantitative estimate of drug-likeness (QED) is 0.605. The molecule has 1 amide bonds. The van der Waals surface area contributed by atoms with Crippen molar-refractivity contribution in [3.8, 4) is 0 Å². The molecule has 0 spiro atoms. The van der Waals surface area contributed by atoms with Crippen molar-refractivity contribution in [2.24, 2.45) is 0 Å². The number of aryl methyl sites for hydroxylation is 3. The van der Waals surface area contributed by atoms with Crippen LogP contribution in [0.1, 0.15) is 23.9 Å². The Hall–Kier alpha value is -3.41. The van der Waals surface area contributed by atoms with E-state index in [1.807, 2.05) is 37.3 Å². The van der Waals surface area contributed by atoms with Gasteiger partial charge in [-0.2, -0.15) is 0 Å². The number of rotatable bonds is 5. The predicted molar refractivity (Wildman–Crippen MR) is 110 cm³/mol. The van der Waals surface area contributed by atoms with Gasteiger partial charge < -0.3 is 16.0 Å². The zero-order valence-electron chi connectivity index (χ0n) is 15.9. The van der Waals surface area contributed by atoms with E-state index < -0.39 is 0 Å². The molecule has 1 heterocycles. The molecule has 0 saturated carbocycles. The summed E-state index contributed by atoms with van der Waals surface area (Å²) in [6.07, 6.45) is 0. The molecular weight excluding hydrogens is 338 g/mol. The van der Waals surface area contributed by atoms with Crippen molar-refractivity contribution in [3.63, 3.8) is 0 Å². The van der Waals surface area contributed by atoms with Crippen LogP contribution in [0.4, 0.5) is 28.7 Å². The molecule has 6 heteroatoms. The number of benzene rings is 2. The summed E-state index contributed by atoms with van der Waals surface area (Å²) in [5.74, 6) is 2.00. The van der Waals surface area contributed by atoms with Gasteiger partial charge in [-0.15, -0.1) is 0 Å². The lowest BCUT2D eigenvalue weighted by atomic mass is 10.1. The first-order valence-corrected chi connectivity index (χ1v) is 8.73. The average Bonchev–Trinajstić information content (AvgIpc) is 2.54. The Labute approximate surface area is 159 Å². The van der Waals surface area contributed by atoms with Gasteiger partial charge in [-0.1, -0.05) is 6.07 Å². The van der Waals surface area contributed by atoms with Crippen LogP contribution >= 0.6 is 0 Å². The first-order valence-electron chi connectivity index (χ1n) is 8.73. The molecule has 27 heavy (non-hydrogen) atoms. The van der Waals surface area contributed by atoms with Crippen LogP contribution in [0.3, 0.4) is 0 Å². The van der Waals surface area contributed by atoms with E-state index in [0.717, 1.165) is 22.9 Å². The first-order chi connectivity index (χ1) is 12.9. The number of amides is 1. The molecule has 0 bridgehead atoms. The zero-order valence-corrected chi connectivity index (χ0v) is 15.9. The summed E-state index contributed by atoms with van der Waals surface area (Å²) in [4.78, 5) is 20.0. The molecule has 0 aliphatic rings. The first kappa shape index (κ1) is 18.4. The number of nitrogens with zero attached hydrogens (tertiary/aromatic N) is 2. The van der Waals surface area contributed by atoms with Crippen molar-refractivity contribution in [3.05, 3.63) is 65.5 Å². The van der Waals surface area contributed by atoms with Crippen LogP contribution in [0.15, 0.2) is 48.5 Å². The summed E-state index contributed by atoms with van der Waals surface area (Å²) in [7, 11) is 0. The number of anilines is 5. The van der Waals surface area contributed by atoms with Crippen LogP contribution < -0.4 is 16.0 Å². The fourth-order valence-corrected chi connectivity index (χ4v) is 2.88. The molecule has 0 aliphatic heterocycles. The molecule has 3 aromatic rings. The molecule has 138 valence electrons. The Balaban J connectivity index is 1.77. The minimum absolute atomic E-state index is 0.0933. The van der Waals surface area contributed by atoms with Crippen LogP contribution in [0.5, 0.6) is 0 Å². The molecule has 0 radical (unpaired) electrons. The van der Waals surface area contributed by atoms with Gasteiger partial charge in [0, 0.05) is 30.1 Å². The van der Waals surface area contributed by atoms with E-state index in [0.29, 0.717) is 11.6 Å². The molecule has 0 saturated heterocycles. The summed E-state index contributed by atoms with van der Waals surface area (Å²) in [6.45, 7) is 7.49. The molecule has 2 aromatic carbocycles. The van der Waals surface area contributed by atoms with E-state index in [1.54, 1.807) is 0 Å². The Kier molecular flexibility index (Phi) is 5.35. The highest BCUT2D eigenvalue weighted by Crippen LogP contribution is 2.23. The van der Waals surface area contributed by atoms with Crippen LogP contribution in [0.2, 0.25) is 0 Å². The minimum atomic E-state index is -0.0933. The Morgan fingerprint density at radius 3 is 1.81 bits per heavy atom. The third-order valence-electron chi connectivity index (χ3n) is 3.81. The normalized spacial score (nSPS) is 10.4. The van der Waals surface area contributed by atoms with Gasteiger partial charge in [-0.05, 0) is 68.3 Å². The van der Waals surface area contributed by atoms with Crippen molar-refractivity contribution in [2.45, 2.75) is 27.7 Å². The van der Waals surface area contributed by atoms with Crippen LogP contribution in [-0.4, -0.2) is 15.9 Å². The predicted octanol–water partition coefficient (Wildman–Crippen LogP) is 4.85. The van der Waals surface area contributed by atoms with E-state index in [1.165, 1.54) is 18.1 Å². The lowest BCUT2D eigenvalue weighted by Gasteiger charge is -2.12. The maximum absolute atomic E-state index is 11.1. The van der Waals surface area contributed by atoms with Gasteiger partial charge in [0.25, 0.3) is 0 Å². The second-order valence-corrected chi connectivity index (χ2v) is 6.57. The maximum atomic E-state index is 11.1. The van der Waals surface area contributed by atoms with Gasteiger partial charge in [-0.25, -0.2) is 9.97 Å². The second-order valence-electron chi connectivity index (χ2n) is 6.57. The van der Waals surface area contributed by atoms with E-state index in [2.05, 4.69) is 58.0 Å². The number of hydrogen-bond acceptors (Lipinski definition) is 5. The Morgan fingerprint density at radius 1 is 0.741 bits per heavy atom. The highest BCUT2D eigenvalue weighted by molar-refractivity contribution is 5.88. The summed E-state index contributed by atoms with van der Waals surface area (Å²) >= 11 is 0. The van der Waals surface area contributed by atoms with Crippen LogP contribution in [-0.2, 0) is 4.79 Å². The van der Waals surface area contributed by atoms with Crippen LogP contribution in [0, 0.1) is 20.8 Å². The van der Waals surface area contributed by atoms with Crippen molar-refractivity contribution in [1.82, 2.24) is 9.97 Å². The third kappa shape index (κ3) is 5.28. The largest absolute Gasteiger partial charge is 0.340 e. The highest BCUT2D eigenvalue weighted by atomic mass is 16.1. The van der Waals surface area contributed by atoms with E-state index >= 15 is 0 Å². The fraction of sp³-hybridized carbons (Fsp3) is 0.190. The Bertz CT molecular complexity index is 947. The van der Waals surface area contributed by atoms with E-state index in [-0.39, 0.29) is 5.91 Å². The Morgan fingerprint density at radius 2 is 1.26 bits per heavy atom. The van der Waals surface area contributed by atoms with Crippen molar-refractivity contribution in [1.29, 1.82) is 0 Å². The van der Waals surface area contributed by atoms with Gasteiger partial charge >= 0.3 is 0 Å². The standard InChI is InChI=1S/C21H23N5O/c1-13-9-14(2)11-19(10-13)26-21-12-20(22-15(3)23-21)25-18-7-5-17(6-8-18)24-16(4)27/h5-12H,1-4H3,(H,24,27)(H2,22,23,25,26). The fourth-order valence-electron chi connectivity index (χ4n) is 2.88.